The van der Waals surface area contributed by atoms with Gasteiger partial charge in [-0.25, -0.2) is 9.13 Å². The van der Waals surface area contributed by atoms with E-state index in [9.17, 15) is 0 Å². The summed E-state index contributed by atoms with van der Waals surface area (Å²) in [5.41, 5.74) is 1.41. The molecule has 0 unspecified atom stereocenters. The highest BCUT2D eigenvalue weighted by atomic mass is 15.1. The summed E-state index contributed by atoms with van der Waals surface area (Å²) < 4.78 is 5.00. The Kier molecular flexibility index (Phi) is 14.1. The fraction of sp³-hybridized carbons (Fsp3) is 0.690. The minimum atomic E-state index is 1.04. The second-order valence-corrected chi connectivity index (χ2v) is 9.36. The van der Waals surface area contributed by atoms with E-state index >= 15 is 0 Å². The van der Waals surface area contributed by atoms with Gasteiger partial charge in [0.1, 0.15) is 12.4 Å². The molecule has 2 nitrogen and oxygen atoms in total. The Morgan fingerprint density at radius 1 is 0.645 bits per heavy atom. The van der Waals surface area contributed by atoms with Gasteiger partial charge in [-0.15, -0.1) is 0 Å². The van der Waals surface area contributed by atoms with Gasteiger partial charge in [0.15, 0.2) is 0 Å². The third kappa shape index (κ3) is 11.0. The van der Waals surface area contributed by atoms with Gasteiger partial charge in [-0.1, -0.05) is 121 Å². The van der Waals surface area contributed by atoms with E-state index in [1.165, 1.54) is 114 Å². The van der Waals surface area contributed by atoms with Gasteiger partial charge in [-0.05, 0) is 24.8 Å². The van der Waals surface area contributed by atoms with Gasteiger partial charge in [0.05, 0.1) is 19.5 Å². The van der Waals surface area contributed by atoms with Crippen LogP contribution in [0.15, 0.2) is 42.7 Å². The number of aryl methyl sites for hydroxylation is 2. The molecule has 0 aliphatic heterocycles. The Labute approximate surface area is 193 Å². The van der Waals surface area contributed by atoms with Crippen molar-refractivity contribution >= 4 is 0 Å². The lowest BCUT2D eigenvalue weighted by molar-refractivity contribution is -0.703. The van der Waals surface area contributed by atoms with Crippen LogP contribution in [0.5, 0.6) is 0 Å². The van der Waals surface area contributed by atoms with Gasteiger partial charge in [0.25, 0.3) is 5.82 Å². The summed E-state index contributed by atoms with van der Waals surface area (Å²) in [6.45, 7) is 6.89. The first-order valence-corrected chi connectivity index (χ1v) is 13.5. The highest BCUT2D eigenvalue weighted by molar-refractivity contribution is 5.18. The minimum absolute atomic E-state index is 1.04. The first-order valence-electron chi connectivity index (χ1n) is 13.5. The van der Waals surface area contributed by atoms with Crippen LogP contribution in [0.1, 0.15) is 122 Å². The van der Waals surface area contributed by atoms with E-state index in [4.69, 9.17) is 0 Å². The van der Waals surface area contributed by atoms with E-state index in [0.717, 1.165) is 13.0 Å². The summed E-state index contributed by atoms with van der Waals surface area (Å²) in [5.74, 6) is 1.47. The lowest BCUT2D eigenvalue weighted by Gasteiger charge is -2.06. The zero-order valence-electron chi connectivity index (χ0n) is 20.7. The van der Waals surface area contributed by atoms with Crippen molar-refractivity contribution in [3.05, 3.63) is 54.1 Å². The molecule has 31 heavy (non-hydrogen) atoms. The van der Waals surface area contributed by atoms with Crippen molar-refractivity contribution in [3.8, 4) is 0 Å². The summed E-state index contributed by atoms with van der Waals surface area (Å²) in [7, 11) is 0. The SMILES string of the molecule is CCCCCCCCCCCCCCC[n+]1ccn(CCCC)c1Cc1ccccc1. The highest BCUT2D eigenvalue weighted by Gasteiger charge is 2.17. The molecule has 0 radical (unpaired) electrons. The predicted octanol–water partition coefficient (Wildman–Crippen LogP) is 8.26. The quantitative estimate of drug-likeness (QED) is 0.158. The van der Waals surface area contributed by atoms with Crippen molar-refractivity contribution in [2.45, 2.75) is 130 Å². The zero-order valence-corrected chi connectivity index (χ0v) is 20.7. The molecule has 174 valence electrons. The first-order chi connectivity index (χ1) is 15.3. The monoisotopic (exact) mass is 425 g/mol. The summed E-state index contributed by atoms with van der Waals surface area (Å²) in [5, 5.41) is 0. The Balaban J connectivity index is 1.62. The number of hydrogen-bond acceptors (Lipinski definition) is 0. The van der Waals surface area contributed by atoms with Crippen LogP contribution in [-0.2, 0) is 19.5 Å². The maximum absolute atomic E-state index is 2.52. The smallest absolute Gasteiger partial charge is 0.234 e. The minimum Gasteiger partial charge on any atom is -0.234 e. The molecular formula is C29H49N2+. The number of imidazole rings is 1. The standard InChI is InChI=1S/C29H49N2/c1-3-5-7-8-9-10-11-12-13-14-15-16-20-24-31-26-25-30(23-6-4-2)29(31)27-28-21-18-17-19-22-28/h17-19,21-22,25-26H,3-16,20,23-24,27H2,1-2H3/q+1. The second kappa shape index (κ2) is 17.0. The second-order valence-electron chi connectivity index (χ2n) is 9.36. The number of unbranched alkanes of at least 4 members (excludes halogenated alkanes) is 13. The van der Waals surface area contributed by atoms with E-state index in [2.05, 4.69) is 65.7 Å². The van der Waals surface area contributed by atoms with Crippen molar-refractivity contribution in [2.24, 2.45) is 0 Å². The normalized spacial score (nSPS) is 11.3. The number of aromatic nitrogens is 2. The molecule has 0 aliphatic carbocycles. The summed E-state index contributed by atoms with van der Waals surface area (Å²) in [6, 6.07) is 10.9. The summed E-state index contributed by atoms with van der Waals surface area (Å²) in [4.78, 5) is 0. The molecule has 0 bridgehead atoms. The van der Waals surface area contributed by atoms with Gasteiger partial charge in [-0.3, -0.25) is 0 Å². The number of rotatable bonds is 19. The molecule has 0 atom stereocenters. The van der Waals surface area contributed by atoms with E-state index in [-0.39, 0.29) is 0 Å². The Morgan fingerprint density at radius 3 is 1.77 bits per heavy atom. The van der Waals surface area contributed by atoms with Crippen LogP contribution >= 0.6 is 0 Å². The van der Waals surface area contributed by atoms with Crippen molar-refractivity contribution < 1.29 is 4.57 Å². The maximum Gasteiger partial charge on any atom is 0.260 e. The van der Waals surface area contributed by atoms with Crippen LogP contribution in [0.4, 0.5) is 0 Å². The molecule has 0 spiro atoms. The topological polar surface area (TPSA) is 8.81 Å². The number of hydrogen-bond donors (Lipinski definition) is 0. The molecule has 2 aromatic rings. The first kappa shape index (κ1) is 25.7. The predicted molar refractivity (Wildman–Crippen MR) is 134 cm³/mol. The Bertz CT molecular complexity index is 659. The molecule has 0 saturated heterocycles. The molecule has 2 heteroatoms. The van der Waals surface area contributed by atoms with Gasteiger partial charge in [0.2, 0.25) is 0 Å². The van der Waals surface area contributed by atoms with E-state index in [1.54, 1.807) is 0 Å². The molecule has 1 heterocycles. The third-order valence-electron chi connectivity index (χ3n) is 6.55. The van der Waals surface area contributed by atoms with Crippen molar-refractivity contribution in [1.82, 2.24) is 4.57 Å². The van der Waals surface area contributed by atoms with Crippen LogP contribution in [0, 0.1) is 0 Å². The third-order valence-corrected chi connectivity index (χ3v) is 6.55. The molecule has 0 amide bonds. The van der Waals surface area contributed by atoms with Crippen LogP contribution in [0.2, 0.25) is 0 Å². The highest BCUT2D eigenvalue weighted by Crippen LogP contribution is 2.13. The van der Waals surface area contributed by atoms with Crippen molar-refractivity contribution in [3.63, 3.8) is 0 Å². The lowest BCUT2D eigenvalue weighted by atomic mass is 10.0. The summed E-state index contributed by atoms with van der Waals surface area (Å²) >= 11 is 0. The van der Waals surface area contributed by atoms with Gasteiger partial charge < -0.3 is 0 Å². The number of nitrogens with zero attached hydrogens (tertiary/aromatic N) is 2. The largest absolute Gasteiger partial charge is 0.260 e. The molecule has 0 fully saturated rings. The maximum atomic E-state index is 2.52. The molecule has 1 aromatic carbocycles. The molecule has 1 aromatic heterocycles. The summed E-state index contributed by atoms with van der Waals surface area (Å²) in [6.07, 6.45) is 26.6. The van der Waals surface area contributed by atoms with Crippen LogP contribution in [0.25, 0.3) is 0 Å². The van der Waals surface area contributed by atoms with Gasteiger partial charge in [0, 0.05) is 0 Å². The Morgan fingerprint density at radius 2 is 1.19 bits per heavy atom. The van der Waals surface area contributed by atoms with Crippen molar-refractivity contribution in [2.75, 3.05) is 0 Å². The average molecular weight is 426 g/mol. The fourth-order valence-corrected chi connectivity index (χ4v) is 4.52. The van der Waals surface area contributed by atoms with Gasteiger partial charge in [-0.2, -0.15) is 0 Å². The average Bonchev–Trinajstić information content (AvgIpc) is 3.17. The zero-order chi connectivity index (χ0) is 22.0. The van der Waals surface area contributed by atoms with Crippen LogP contribution in [-0.4, -0.2) is 4.57 Å². The number of benzene rings is 1. The lowest BCUT2D eigenvalue weighted by Crippen LogP contribution is -2.37. The molecule has 2 rings (SSSR count). The molecule has 0 aliphatic rings. The van der Waals surface area contributed by atoms with Gasteiger partial charge >= 0.3 is 0 Å². The molecule has 0 N–H and O–H groups in total. The Hall–Kier alpha value is -1.57. The van der Waals surface area contributed by atoms with E-state index in [1.807, 2.05) is 0 Å². The van der Waals surface area contributed by atoms with E-state index < -0.39 is 0 Å². The molecular weight excluding hydrogens is 376 g/mol. The van der Waals surface area contributed by atoms with Crippen LogP contribution < -0.4 is 4.57 Å². The van der Waals surface area contributed by atoms with Crippen LogP contribution in [0.3, 0.4) is 0 Å². The van der Waals surface area contributed by atoms with E-state index in [0.29, 0.717) is 0 Å². The van der Waals surface area contributed by atoms with Crippen molar-refractivity contribution in [1.29, 1.82) is 0 Å². The fourth-order valence-electron chi connectivity index (χ4n) is 4.52. The molecule has 0 saturated carbocycles.